The summed E-state index contributed by atoms with van der Waals surface area (Å²) in [6.07, 6.45) is 2.43. The van der Waals surface area contributed by atoms with Crippen LogP contribution in [-0.2, 0) is 11.2 Å². The van der Waals surface area contributed by atoms with Crippen molar-refractivity contribution in [3.63, 3.8) is 0 Å². The van der Waals surface area contributed by atoms with Gasteiger partial charge in [0.05, 0.1) is 5.69 Å². The van der Waals surface area contributed by atoms with Crippen LogP contribution in [0.4, 0.5) is 0 Å². The topological polar surface area (TPSA) is 46.9 Å². The van der Waals surface area contributed by atoms with Crippen molar-refractivity contribution in [3.8, 4) is 11.3 Å². The van der Waals surface area contributed by atoms with Crippen molar-refractivity contribution in [1.82, 2.24) is 15.1 Å². The van der Waals surface area contributed by atoms with Crippen LogP contribution in [-0.4, -0.2) is 22.7 Å². The van der Waals surface area contributed by atoms with Crippen molar-refractivity contribution in [1.29, 1.82) is 0 Å². The molecule has 1 N–H and O–H groups in total. The van der Waals surface area contributed by atoms with Gasteiger partial charge in [-0.25, -0.2) is 0 Å². The summed E-state index contributed by atoms with van der Waals surface area (Å²) in [6, 6.07) is 17.5. The van der Waals surface area contributed by atoms with Gasteiger partial charge < -0.3 is 5.32 Å². The highest BCUT2D eigenvalue weighted by Gasteiger charge is 2.21. The van der Waals surface area contributed by atoms with Crippen LogP contribution in [0.2, 0.25) is 0 Å². The van der Waals surface area contributed by atoms with Gasteiger partial charge in [-0.15, -0.1) is 0 Å². The molecule has 1 unspecified atom stereocenters. The number of nitrogens with one attached hydrogen (secondary N) is 1. The van der Waals surface area contributed by atoms with E-state index in [0.717, 1.165) is 25.8 Å². The first kappa shape index (κ1) is 17.9. The second kappa shape index (κ2) is 7.97. The van der Waals surface area contributed by atoms with Gasteiger partial charge >= 0.3 is 0 Å². The Labute approximate surface area is 163 Å². The van der Waals surface area contributed by atoms with Gasteiger partial charge in [0.25, 0.3) is 0 Å². The Kier molecular flexibility index (Phi) is 5.71. The van der Waals surface area contributed by atoms with E-state index in [9.17, 15) is 4.79 Å². The summed E-state index contributed by atoms with van der Waals surface area (Å²) in [7, 11) is 1.65. The third-order valence-corrected chi connectivity index (χ3v) is 4.96. The maximum Gasteiger partial charge on any atom is 0.244 e. The molecule has 0 radical (unpaired) electrons. The van der Waals surface area contributed by atoms with E-state index in [-0.39, 0.29) is 5.91 Å². The van der Waals surface area contributed by atoms with E-state index in [4.69, 9.17) is 0 Å². The normalized spacial score (nSPS) is 12.0. The Morgan fingerprint density at radius 1 is 1.12 bits per heavy atom. The predicted molar refractivity (Wildman–Crippen MR) is 106 cm³/mol. The number of hydrogen-bond acceptors (Lipinski definition) is 2. The number of carbonyl (C=O) groups excluding carboxylic acids is 1. The molecular weight excluding hydrogens is 446 g/mol. The van der Waals surface area contributed by atoms with Crippen molar-refractivity contribution in [3.05, 3.63) is 75.3 Å². The van der Waals surface area contributed by atoms with Crippen LogP contribution in [0.15, 0.2) is 69.7 Å². The van der Waals surface area contributed by atoms with Gasteiger partial charge in [0.15, 0.2) is 0 Å². The van der Waals surface area contributed by atoms with Crippen LogP contribution >= 0.6 is 31.9 Å². The first-order chi connectivity index (χ1) is 12.1. The number of hydrogen-bond donors (Lipinski definition) is 1. The molecule has 0 aliphatic heterocycles. The molecule has 2 aromatic carbocycles. The molecule has 0 saturated carbocycles. The standard InChI is InChI=1S/C19H17Br2N3O/c1-22-19(25)18(12-13-3-2-4-16(21)11-13)24-10-9-17(23-24)14-5-7-15(20)8-6-14/h2-11,18H,12H2,1H3,(H,22,25). The lowest BCUT2D eigenvalue weighted by molar-refractivity contribution is -0.124. The summed E-state index contributed by atoms with van der Waals surface area (Å²) < 4.78 is 3.75. The van der Waals surface area contributed by atoms with Crippen molar-refractivity contribution < 1.29 is 4.79 Å². The molecule has 0 bridgehead atoms. The smallest absolute Gasteiger partial charge is 0.244 e. The van der Waals surface area contributed by atoms with Gasteiger partial charge in [0.1, 0.15) is 6.04 Å². The lowest BCUT2D eigenvalue weighted by Gasteiger charge is -2.16. The summed E-state index contributed by atoms with van der Waals surface area (Å²) in [6.45, 7) is 0. The maximum atomic E-state index is 12.4. The largest absolute Gasteiger partial charge is 0.357 e. The Bertz CT molecular complexity index is 874. The van der Waals surface area contributed by atoms with E-state index < -0.39 is 6.04 Å². The maximum absolute atomic E-state index is 12.4. The summed E-state index contributed by atoms with van der Waals surface area (Å²) in [4.78, 5) is 12.4. The number of aromatic nitrogens is 2. The van der Waals surface area contributed by atoms with E-state index in [2.05, 4.69) is 42.3 Å². The van der Waals surface area contributed by atoms with Gasteiger partial charge in [-0.3, -0.25) is 9.48 Å². The number of nitrogens with zero attached hydrogens (tertiary/aromatic N) is 2. The minimum Gasteiger partial charge on any atom is -0.357 e. The second-order valence-corrected chi connectivity index (χ2v) is 7.48. The van der Waals surface area contributed by atoms with E-state index >= 15 is 0 Å². The van der Waals surface area contributed by atoms with Gasteiger partial charge in [-0.2, -0.15) is 5.10 Å². The third-order valence-electron chi connectivity index (χ3n) is 3.93. The summed E-state index contributed by atoms with van der Waals surface area (Å²) >= 11 is 6.91. The van der Waals surface area contributed by atoms with Crippen LogP contribution < -0.4 is 5.32 Å². The predicted octanol–water partition coefficient (Wildman–Crippen LogP) is 4.60. The number of rotatable bonds is 5. The zero-order chi connectivity index (χ0) is 17.8. The molecule has 0 fully saturated rings. The fraction of sp³-hybridized carbons (Fsp3) is 0.158. The average molecular weight is 463 g/mol. The molecule has 1 aromatic heterocycles. The van der Waals surface area contributed by atoms with Crippen LogP contribution in [0.1, 0.15) is 11.6 Å². The van der Waals surface area contributed by atoms with Crippen molar-refractivity contribution in [2.24, 2.45) is 0 Å². The molecule has 0 aliphatic carbocycles. The highest BCUT2D eigenvalue weighted by molar-refractivity contribution is 9.10. The lowest BCUT2D eigenvalue weighted by atomic mass is 10.1. The minimum atomic E-state index is -0.400. The molecule has 1 amide bonds. The SMILES string of the molecule is CNC(=O)C(Cc1cccc(Br)c1)n1ccc(-c2ccc(Br)cc2)n1. The monoisotopic (exact) mass is 461 g/mol. The lowest BCUT2D eigenvalue weighted by Crippen LogP contribution is -2.31. The third kappa shape index (κ3) is 4.38. The Morgan fingerprint density at radius 3 is 2.56 bits per heavy atom. The summed E-state index contributed by atoms with van der Waals surface area (Å²) in [5.74, 6) is -0.0644. The molecule has 3 aromatic rings. The van der Waals surface area contributed by atoms with Crippen molar-refractivity contribution in [2.75, 3.05) is 7.05 Å². The van der Waals surface area contributed by atoms with E-state index in [1.165, 1.54) is 0 Å². The highest BCUT2D eigenvalue weighted by atomic mass is 79.9. The van der Waals surface area contributed by atoms with Gasteiger partial charge in [0, 0.05) is 34.2 Å². The number of amides is 1. The molecule has 0 spiro atoms. The molecule has 25 heavy (non-hydrogen) atoms. The molecule has 1 heterocycles. The van der Waals surface area contributed by atoms with Crippen LogP contribution in [0.3, 0.4) is 0 Å². The van der Waals surface area contributed by atoms with Crippen LogP contribution in [0, 0.1) is 0 Å². The fourth-order valence-corrected chi connectivity index (χ4v) is 3.36. The highest BCUT2D eigenvalue weighted by Crippen LogP contribution is 2.23. The van der Waals surface area contributed by atoms with E-state index in [1.54, 1.807) is 11.7 Å². The molecule has 6 heteroatoms. The van der Waals surface area contributed by atoms with E-state index in [1.807, 2.05) is 60.8 Å². The summed E-state index contributed by atoms with van der Waals surface area (Å²) in [5.41, 5.74) is 2.93. The number of halogens is 2. The molecule has 1 atom stereocenters. The number of carbonyl (C=O) groups is 1. The van der Waals surface area contributed by atoms with Crippen LogP contribution in [0.5, 0.6) is 0 Å². The molecule has 0 saturated heterocycles. The van der Waals surface area contributed by atoms with E-state index in [0.29, 0.717) is 6.42 Å². The van der Waals surface area contributed by atoms with Gasteiger partial charge in [0.2, 0.25) is 5.91 Å². The molecule has 4 nitrogen and oxygen atoms in total. The zero-order valence-electron chi connectivity index (χ0n) is 13.6. The molecule has 3 rings (SSSR count). The fourth-order valence-electron chi connectivity index (χ4n) is 2.65. The quantitative estimate of drug-likeness (QED) is 0.602. The first-order valence-corrected chi connectivity index (χ1v) is 9.42. The number of benzene rings is 2. The Morgan fingerprint density at radius 2 is 1.88 bits per heavy atom. The van der Waals surface area contributed by atoms with Crippen molar-refractivity contribution in [2.45, 2.75) is 12.5 Å². The van der Waals surface area contributed by atoms with Crippen LogP contribution in [0.25, 0.3) is 11.3 Å². The first-order valence-electron chi connectivity index (χ1n) is 7.84. The number of likely N-dealkylation sites (N-methyl/N-ethyl adjacent to an activating group) is 1. The zero-order valence-corrected chi connectivity index (χ0v) is 16.8. The molecule has 128 valence electrons. The summed E-state index contributed by atoms with van der Waals surface area (Å²) in [5, 5.41) is 7.36. The Hall–Kier alpha value is -1.92. The molecular formula is C19H17Br2N3O. The van der Waals surface area contributed by atoms with Gasteiger partial charge in [-0.1, -0.05) is 56.1 Å². The second-order valence-electron chi connectivity index (χ2n) is 5.65. The Balaban J connectivity index is 1.89. The van der Waals surface area contributed by atoms with Crippen molar-refractivity contribution >= 4 is 37.8 Å². The van der Waals surface area contributed by atoms with Gasteiger partial charge in [-0.05, 0) is 35.9 Å². The minimum absolute atomic E-state index is 0.0644. The average Bonchev–Trinajstić information content (AvgIpc) is 3.09. The molecule has 0 aliphatic rings.